The Kier molecular flexibility index (Phi) is 4.62. The minimum Gasteiger partial charge on any atom is -0.396 e. The monoisotopic (exact) mass is 213 g/mol. The van der Waals surface area contributed by atoms with Gasteiger partial charge >= 0.3 is 0 Å². The van der Waals surface area contributed by atoms with Gasteiger partial charge in [0.05, 0.1) is 0 Å². The molecule has 1 amide bonds. The number of hydrogen-bond donors (Lipinski definition) is 2. The number of amides is 1. The SMILES string of the molecule is CC(CCCO)NC(=O)c1ccsc1. The molecule has 78 valence electrons. The Morgan fingerprint density at radius 3 is 3.07 bits per heavy atom. The number of carbonyl (C=O) groups excluding carboxylic acids is 1. The van der Waals surface area contributed by atoms with Crippen LogP contribution in [0.3, 0.4) is 0 Å². The van der Waals surface area contributed by atoms with Crippen LogP contribution in [0.15, 0.2) is 16.8 Å². The molecule has 0 aliphatic rings. The minimum absolute atomic E-state index is 0.0308. The Morgan fingerprint density at radius 2 is 2.50 bits per heavy atom. The van der Waals surface area contributed by atoms with Crippen molar-refractivity contribution in [3.8, 4) is 0 Å². The molecule has 1 aromatic rings. The second-order valence-corrected chi connectivity index (χ2v) is 4.03. The van der Waals surface area contributed by atoms with Gasteiger partial charge in [0.2, 0.25) is 0 Å². The molecule has 0 spiro atoms. The first-order chi connectivity index (χ1) is 6.74. The molecule has 4 heteroatoms. The molecule has 0 bridgehead atoms. The van der Waals surface area contributed by atoms with E-state index in [-0.39, 0.29) is 18.6 Å². The third-order valence-electron chi connectivity index (χ3n) is 1.96. The van der Waals surface area contributed by atoms with Crippen molar-refractivity contribution in [2.24, 2.45) is 0 Å². The predicted molar refractivity (Wildman–Crippen MR) is 57.6 cm³/mol. The fourth-order valence-electron chi connectivity index (χ4n) is 1.17. The first kappa shape index (κ1) is 11.2. The molecular formula is C10H15NO2S. The van der Waals surface area contributed by atoms with E-state index in [0.717, 1.165) is 12.8 Å². The number of rotatable bonds is 5. The van der Waals surface area contributed by atoms with Crippen LogP contribution >= 0.6 is 11.3 Å². The Balaban J connectivity index is 2.34. The van der Waals surface area contributed by atoms with Gasteiger partial charge in [-0.1, -0.05) is 0 Å². The van der Waals surface area contributed by atoms with Gasteiger partial charge < -0.3 is 10.4 Å². The summed E-state index contributed by atoms with van der Waals surface area (Å²) in [6.45, 7) is 2.12. The summed E-state index contributed by atoms with van der Waals surface area (Å²) in [5.74, 6) is -0.0308. The molecule has 0 saturated carbocycles. The van der Waals surface area contributed by atoms with Crippen LogP contribution in [0.5, 0.6) is 0 Å². The molecule has 1 aromatic heterocycles. The molecule has 1 rings (SSSR count). The summed E-state index contributed by atoms with van der Waals surface area (Å²) in [5, 5.41) is 15.2. The molecule has 3 nitrogen and oxygen atoms in total. The summed E-state index contributed by atoms with van der Waals surface area (Å²) in [6.07, 6.45) is 1.54. The predicted octanol–water partition coefficient (Wildman–Crippen LogP) is 1.64. The zero-order valence-corrected chi connectivity index (χ0v) is 9.01. The molecular weight excluding hydrogens is 198 g/mol. The summed E-state index contributed by atoms with van der Waals surface area (Å²) in [7, 11) is 0. The fraction of sp³-hybridized carbons (Fsp3) is 0.500. The van der Waals surface area contributed by atoms with Crippen LogP contribution in [-0.4, -0.2) is 23.7 Å². The molecule has 1 heterocycles. The number of nitrogens with one attached hydrogen (secondary N) is 1. The van der Waals surface area contributed by atoms with Crippen LogP contribution in [-0.2, 0) is 0 Å². The Hall–Kier alpha value is -0.870. The maximum Gasteiger partial charge on any atom is 0.252 e. The number of aliphatic hydroxyl groups is 1. The lowest BCUT2D eigenvalue weighted by atomic mass is 10.2. The van der Waals surface area contributed by atoms with Gasteiger partial charge in [0.1, 0.15) is 0 Å². The summed E-state index contributed by atoms with van der Waals surface area (Å²) < 4.78 is 0. The van der Waals surface area contributed by atoms with Gasteiger partial charge in [-0.2, -0.15) is 11.3 Å². The van der Waals surface area contributed by atoms with Crippen LogP contribution in [0.2, 0.25) is 0 Å². The van der Waals surface area contributed by atoms with E-state index in [1.54, 1.807) is 6.07 Å². The lowest BCUT2D eigenvalue weighted by Crippen LogP contribution is -2.32. The smallest absolute Gasteiger partial charge is 0.252 e. The van der Waals surface area contributed by atoms with E-state index in [2.05, 4.69) is 5.32 Å². The van der Waals surface area contributed by atoms with Crippen molar-refractivity contribution < 1.29 is 9.90 Å². The summed E-state index contributed by atoms with van der Waals surface area (Å²) in [4.78, 5) is 11.5. The highest BCUT2D eigenvalue weighted by molar-refractivity contribution is 7.08. The average Bonchev–Trinajstić information content (AvgIpc) is 2.67. The highest BCUT2D eigenvalue weighted by atomic mass is 32.1. The molecule has 0 fully saturated rings. The van der Waals surface area contributed by atoms with Crippen molar-refractivity contribution >= 4 is 17.2 Å². The van der Waals surface area contributed by atoms with Crippen LogP contribution in [0.25, 0.3) is 0 Å². The summed E-state index contributed by atoms with van der Waals surface area (Å²) >= 11 is 1.51. The Labute approximate surface area is 87.8 Å². The van der Waals surface area contributed by atoms with Gasteiger partial charge in [0.15, 0.2) is 0 Å². The molecule has 14 heavy (non-hydrogen) atoms. The Morgan fingerprint density at radius 1 is 1.71 bits per heavy atom. The largest absolute Gasteiger partial charge is 0.396 e. The topological polar surface area (TPSA) is 49.3 Å². The lowest BCUT2D eigenvalue weighted by molar-refractivity contribution is 0.0937. The highest BCUT2D eigenvalue weighted by Gasteiger charge is 2.08. The van der Waals surface area contributed by atoms with Gasteiger partial charge in [-0.05, 0) is 31.2 Å². The van der Waals surface area contributed by atoms with Crippen molar-refractivity contribution in [1.29, 1.82) is 0 Å². The third kappa shape index (κ3) is 3.47. The second kappa shape index (κ2) is 5.78. The van der Waals surface area contributed by atoms with Crippen LogP contribution < -0.4 is 5.32 Å². The van der Waals surface area contributed by atoms with Gasteiger partial charge in [0, 0.05) is 23.6 Å². The molecule has 0 saturated heterocycles. The van der Waals surface area contributed by atoms with Gasteiger partial charge in [-0.25, -0.2) is 0 Å². The fourth-order valence-corrected chi connectivity index (χ4v) is 1.81. The highest BCUT2D eigenvalue weighted by Crippen LogP contribution is 2.06. The van der Waals surface area contributed by atoms with Crippen molar-refractivity contribution in [3.63, 3.8) is 0 Å². The van der Waals surface area contributed by atoms with E-state index < -0.39 is 0 Å². The first-order valence-corrected chi connectivity index (χ1v) is 5.62. The zero-order chi connectivity index (χ0) is 10.4. The lowest BCUT2D eigenvalue weighted by Gasteiger charge is -2.12. The van der Waals surface area contributed by atoms with Gasteiger partial charge in [-0.3, -0.25) is 4.79 Å². The molecule has 0 radical (unpaired) electrons. The van der Waals surface area contributed by atoms with Crippen LogP contribution in [0, 0.1) is 0 Å². The van der Waals surface area contributed by atoms with E-state index in [0.29, 0.717) is 5.56 Å². The molecule has 1 atom stereocenters. The first-order valence-electron chi connectivity index (χ1n) is 4.68. The van der Waals surface area contributed by atoms with Crippen molar-refractivity contribution in [2.45, 2.75) is 25.8 Å². The van der Waals surface area contributed by atoms with Gasteiger partial charge in [-0.15, -0.1) is 0 Å². The summed E-state index contributed by atoms with van der Waals surface area (Å²) in [6, 6.07) is 1.92. The maximum absolute atomic E-state index is 11.5. The maximum atomic E-state index is 11.5. The van der Waals surface area contributed by atoms with Crippen molar-refractivity contribution in [2.75, 3.05) is 6.61 Å². The number of aliphatic hydroxyl groups excluding tert-OH is 1. The van der Waals surface area contributed by atoms with E-state index in [1.807, 2.05) is 17.7 Å². The van der Waals surface area contributed by atoms with Gasteiger partial charge in [0.25, 0.3) is 5.91 Å². The number of thiophene rings is 1. The molecule has 0 aliphatic carbocycles. The second-order valence-electron chi connectivity index (χ2n) is 3.25. The zero-order valence-electron chi connectivity index (χ0n) is 8.19. The number of carbonyl (C=O) groups is 1. The summed E-state index contributed by atoms with van der Waals surface area (Å²) in [5.41, 5.74) is 0.714. The van der Waals surface area contributed by atoms with Crippen LogP contribution in [0.1, 0.15) is 30.1 Å². The standard InChI is InChI=1S/C10H15NO2S/c1-8(3-2-5-12)11-10(13)9-4-6-14-7-9/h4,6-8,12H,2-3,5H2,1H3,(H,11,13). The third-order valence-corrected chi connectivity index (χ3v) is 2.64. The van der Waals surface area contributed by atoms with E-state index >= 15 is 0 Å². The molecule has 0 aliphatic heterocycles. The minimum atomic E-state index is -0.0308. The molecule has 2 N–H and O–H groups in total. The normalized spacial score (nSPS) is 12.4. The Bertz CT molecular complexity index is 272. The van der Waals surface area contributed by atoms with E-state index in [1.165, 1.54) is 11.3 Å². The number of hydrogen-bond acceptors (Lipinski definition) is 3. The quantitative estimate of drug-likeness (QED) is 0.781. The molecule has 0 aromatic carbocycles. The van der Waals surface area contributed by atoms with Crippen LogP contribution in [0.4, 0.5) is 0 Å². The van der Waals surface area contributed by atoms with Crippen molar-refractivity contribution in [1.82, 2.24) is 5.32 Å². The van der Waals surface area contributed by atoms with E-state index in [4.69, 9.17) is 5.11 Å². The van der Waals surface area contributed by atoms with Crippen molar-refractivity contribution in [3.05, 3.63) is 22.4 Å². The van der Waals surface area contributed by atoms with E-state index in [9.17, 15) is 4.79 Å². The average molecular weight is 213 g/mol. The molecule has 1 unspecified atom stereocenters.